The van der Waals surface area contributed by atoms with Gasteiger partial charge in [-0.1, -0.05) is 13.5 Å². The number of allylic oxidation sites excluding steroid dienone is 1. The maximum absolute atomic E-state index is 13.1. The molecule has 0 aromatic heterocycles. The minimum Gasteiger partial charge on any atom is -0.469 e. The molecule has 0 saturated heterocycles. The number of methoxy groups -OCH3 is 1. The summed E-state index contributed by atoms with van der Waals surface area (Å²) < 4.78 is 5.03. The smallest absolute Gasteiger partial charge is 0.309 e. The van der Waals surface area contributed by atoms with E-state index in [0.717, 1.165) is 37.7 Å². The van der Waals surface area contributed by atoms with Gasteiger partial charge >= 0.3 is 5.97 Å². The Morgan fingerprint density at radius 2 is 2.04 bits per heavy atom. The molecule has 4 rings (SSSR count). The molecule has 0 aromatic carbocycles. The van der Waals surface area contributed by atoms with Crippen LogP contribution in [0.2, 0.25) is 0 Å². The maximum Gasteiger partial charge on any atom is 0.309 e. The zero-order valence-corrected chi connectivity index (χ0v) is 14.7. The summed E-state index contributed by atoms with van der Waals surface area (Å²) in [6.45, 7) is 6.31. The van der Waals surface area contributed by atoms with Gasteiger partial charge in [0.15, 0.2) is 5.78 Å². The van der Waals surface area contributed by atoms with Gasteiger partial charge in [-0.25, -0.2) is 0 Å². The van der Waals surface area contributed by atoms with E-state index in [0.29, 0.717) is 18.8 Å². The molecule has 0 amide bonds. The van der Waals surface area contributed by atoms with Crippen LogP contribution in [0.1, 0.15) is 51.9 Å². The van der Waals surface area contributed by atoms with Crippen LogP contribution in [0.4, 0.5) is 0 Å². The van der Waals surface area contributed by atoms with E-state index in [1.165, 1.54) is 7.11 Å². The number of Topliss-reactive ketones (excluding diaryl/α,β-unsaturated/α-hetero) is 1. The monoisotopic (exact) mass is 332 g/mol. The fraction of sp³-hybridized carbons (Fsp3) is 0.800. The molecule has 24 heavy (non-hydrogen) atoms. The van der Waals surface area contributed by atoms with E-state index in [9.17, 15) is 14.7 Å². The van der Waals surface area contributed by atoms with Gasteiger partial charge in [-0.05, 0) is 73.7 Å². The lowest BCUT2D eigenvalue weighted by Crippen LogP contribution is -2.58. The van der Waals surface area contributed by atoms with Gasteiger partial charge in [-0.15, -0.1) is 0 Å². The molecular formula is C20H28O4. The Labute approximate surface area is 143 Å². The quantitative estimate of drug-likeness (QED) is 0.592. The predicted octanol–water partition coefficient (Wildman–Crippen LogP) is 2.89. The summed E-state index contributed by atoms with van der Waals surface area (Å²) in [7, 11) is 1.43. The van der Waals surface area contributed by atoms with E-state index in [-0.39, 0.29) is 40.3 Å². The van der Waals surface area contributed by atoms with Gasteiger partial charge in [0.05, 0.1) is 19.1 Å². The van der Waals surface area contributed by atoms with Gasteiger partial charge in [-0.2, -0.15) is 0 Å². The average molecular weight is 332 g/mol. The second kappa shape index (κ2) is 5.17. The van der Waals surface area contributed by atoms with E-state index in [4.69, 9.17) is 4.74 Å². The van der Waals surface area contributed by atoms with Crippen LogP contribution < -0.4 is 0 Å². The first-order valence-corrected chi connectivity index (χ1v) is 9.33. The number of carbonyl (C=O) groups excluding carboxylic acids is 2. The summed E-state index contributed by atoms with van der Waals surface area (Å²) in [6, 6.07) is 0. The first kappa shape index (κ1) is 16.3. The minimum atomic E-state index is -0.483. The van der Waals surface area contributed by atoms with Crippen LogP contribution in [-0.4, -0.2) is 30.1 Å². The van der Waals surface area contributed by atoms with Crippen molar-refractivity contribution < 1.29 is 19.4 Å². The second-order valence-electron chi connectivity index (χ2n) is 8.92. The molecule has 0 aliphatic heterocycles. The van der Waals surface area contributed by atoms with Gasteiger partial charge in [0.1, 0.15) is 0 Å². The van der Waals surface area contributed by atoms with Crippen molar-refractivity contribution in [2.24, 2.45) is 34.5 Å². The zero-order valence-electron chi connectivity index (χ0n) is 14.7. The van der Waals surface area contributed by atoms with Crippen molar-refractivity contribution in [3.8, 4) is 0 Å². The van der Waals surface area contributed by atoms with Crippen molar-refractivity contribution in [1.29, 1.82) is 0 Å². The van der Waals surface area contributed by atoms with E-state index in [2.05, 4.69) is 13.5 Å². The standard InChI is InChI=1S/C20H28O4/c1-11-12-4-5-16-19(2)10-13(21)8-14(18(23)24-3)15(19)6-7-20(16,9-12)17(11)22/h12-16,21H,1,4-10H2,2-3H3/t12-,13+,14+,15+,16-,19+,20+/m0/s1. The van der Waals surface area contributed by atoms with Crippen molar-refractivity contribution in [3.05, 3.63) is 12.2 Å². The lowest BCUT2D eigenvalue weighted by molar-refractivity contribution is -0.178. The summed E-state index contributed by atoms with van der Waals surface area (Å²) in [5, 5.41) is 10.5. The molecule has 1 spiro atoms. The minimum absolute atomic E-state index is 0.167. The van der Waals surface area contributed by atoms with Gasteiger partial charge in [0.2, 0.25) is 0 Å². The summed E-state index contributed by atoms with van der Waals surface area (Å²) in [6.07, 6.45) is 5.44. The summed E-state index contributed by atoms with van der Waals surface area (Å²) in [4.78, 5) is 25.4. The van der Waals surface area contributed by atoms with Gasteiger partial charge < -0.3 is 9.84 Å². The van der Waals surface area contributed by atoms with Crippen LogP contribution in [0.5, 0.6) is 0 Å². The highest BCUT2D eigenvalue weighted by atomic mass is 16.5. The van der Waals surface area contributed by atoms with Crippen LogP contribution in [0.15, 0.2) is 12.2 Å². The molecule has 4 heteroatoms. The molecule has 0 unspecified atom stereocenters. The highest BCUT2D eigenvalue weighted by molar-refractivity contribution is 6.03. The number of aliphatic hydroxyl groups excluding tert-OH is 1. The van der Waals surface area contributed by atoms with E-state index in [1.54, 1.807) is 0 Å². The number of fused-ring (bicyclic) bond motifs is 3. The highest BCUT2D eigenvalue weighted by Crippen LogP contribution is 2.69. The average Bonchev–Trinajstić information content (AvgIpc) is 2.73. The Kier molecular flexibility index (Phi) is 3.51. The Morgan fingerprint density at radius 3 is 2.75 bits per heavy atom. The Morgan fingerprint density at radius 1 is 1.29 bits per heavy atom. The first-order valence-electron chi connectivity index (χ1n) is 9.33. The predicted molar refractivity (Wildman–Crippen MR) is 89.0 cm³/mol. The van der Waals surface area contributed by atoms with Gasteiger partial charge in [-0.3, -0.25) is 9.59 Å². The molecule has 4 nitrogen and oxygen atoms in total. The molecule has 0 radical (unpaired) electrons. The molecule has 4 aliphatic carbocycles. The number of hydrogen-bond acceptors (Lipinski definition) is 4. The van der Waals surface area contributed by atoms with Crippen LogP contribution in [-0.2, 0) is 14.3 Å². The third kappa shape index (κ3) is 1.89. The Bertz CT molecular complexity index is 611. The summed E-state index contributed by atoms with van der Waals surface area (Å²) in [5.74, 6) is 0.675. The number of rotatable bonds is 1. The van der Waals surface area contributed by atoms with Crippen molar-refractivity contribution in [2.45, 2.75) is 58.0 Å². The SMILES string of the molecule is C=C1C(=O)[C@@]23CC[C@@H]4[C@H](C(=O)OC)C[C@@H](O)C[C@@]4(C)[C@@H]2CC[C@H]1C3. The lowest BCUT2D eigenvalue weighted by Gasteiger charge is -2.61. The van der Waals surface area contributed by atoms with Crippen molar-refractivity contribution in [2.75, 3.05) is 7.11 Å². The largest absolute Gasteiger partial charge is 0.469 e. The van der Waals surface area contributed by atoms with Gasteiger partial charge in [0.25, 0.3) is 0 Å². The molecule has 0 heterocycles. The molecule has 4 aliphatic rings. The number of aliphatic hydroxyl groups is 1. The fourth-order valence-corrected chi connectivity index (χ4v) is 7.15. The third-order valence-electron chi connectivity index (χ3n) is 8.05. The second-order valence-corrected chi connectivity index (χ2v) is 8.92. The van der Waals surface area contributed by atoms with Crippen molar-refractivity contribution in [3.63, 3.8) is 0 Å². The van der Waals surface area contributed by atoms with Crippen LogP contribution in [0.3, 0.4) is 0 Å². The van der Waals surface area contributed by atoms with Crippen LogP contribution in [0, 0.1) is 34.5 Å². The maximum atomic E-state index is 13.1. The van der Waals surface area contributed by atoms with E-state index >= 15 is 0 Å². The number of hydrogen-bond donors (Lipinski definition) is 1. The van der Waals surface area contributed by atoms with Crippen molar-refractivity contribution >= 4 is 11.8 Å². The molecule has 132 valence electrons. The number of carbonyl (C=O) groups is 2. The molecule has 0 aromatic rings. The van der Waals surface area contributed by atoms with Crippen LogP contribution in [0.25, 0.3) is 0 Å². The normalized spacial score (nSPS) is 50.2. The van der Waals surface area contributed by atoms with E-state index in [1.807, 2.05) is 0 Å². The third-order valence-corrected chi connectivity index (χ3v) is 8.05. The number of ketones is 1. The molecule has 4 saturated carbocycles. The highest BCUT2D eigenvalue weighted by Gasteiger charge is 2.66. The molecule has 4 fully saturated rings. The first-order chi connectivity index (χ1) is 11.3. The molecule has 1 N–H and O–H groups in total. The molecule has 7 atom stereocenters. The number of esters is 1. The lowest BCUT2D eigenvalue weighted by atomic mass is 9.43. The van der Waals surface area contributed by atoms with E-state index < -0.39 is 6.10 Å². The fourth-order valence-electron chi connectivity index (χ4n) is 7.15. The van der Waals surface area contributed by atoms with Crippen LogP contribution >= 0.6 is 0 Å². The Hall–Kier alpha value is -1.16. The zero-order chi connectivity index (χ0) is 17.3. The molecular weight excluding hydrogens is 304 g/mol. The Balaban J connectivity index is 1.75. The molecule has 2 bridgehead atoms. The summed E-state index contributed by atoms with van der Waals surface area (Å²) in [5.41, 5.74) is 0.392. The summed E-state index contributed by atoms with van der Waals surface area (Å²) >= 11 is 0. The van der Waals surface area contributed by atoms with Crippen molar-refractivity contribution in [1.82, 2.24) is 0 Å². The van der Waals surface area contributed by atoms with Gasteiger partial charge in [0, 0.05) is 5.41 Å². The number of ether oxygens (including phenoxy) is 1. The topological polar surface area (TPSA) is 63.6 Å².